The van der Waals surface area contributed by atoms with Crippen LogP contribution in [0.1, 0.15) is 26.7 Å². The average molecular weight is 304 g/mol. The van der Waals surface area contributed by atoms with Crippen molar-refractivity contribution in [2.75, 3.05) is 0 Å². The number of ether oxygens (including phenoxy) is 1. The Balaban J connectivity index is 2.04. The van der Waals surface area contributed by atoms with Crippen molar-refractivity contribution in [3.05, 3.63) is 28.7 Å². The molecule has 0 amide bonds. The van der Waals surface area contributed by atoms with Crippen LogP contribution in [0, 0.1) is 5.41 Å². The van der Waals surface area contributed by atoms with Crippen LogP contribution in [0.5, 0.6) is 5.75 Å². The number of halogens is 2. The molecule has 0 radical (unpaired) electrons. The molecule has 1 aliphatic carbocycles. The van der Waals surface area contributed by atoms with Gasteiger partial charge in [-0.2, -0.15) is 0 Å². The van der Waals surface area contributed by atoms with Gasteiger partial charge in [0, 0.05) is 21.7 Å². The third-order valence-electron chi connectivity index (χ3n) is 3.73. The smallest absolute Gasteiger partial charge is 0.119 e. The van der Waals surface area contributed by atoms with Crippen molar-refractivity contribution < 1.29 is 4.74 Å². The molecule has 3 unspecified atom stereocenters. The Morgan fingerprint density at radius 1 is 1.44 bits per heavy atom. The maximum absolute atomic E-state index is 6.26. The fourth-order valence-electron chi connectivity index (χ4n) is 2.08. The number of hydrogen-bond acceptors (Lipinski definition) is 1. The summed E-state index contributed by atoms with van der Waals surface area (Å²) in [5.41, 5.74) is 0.120. The summed E-state index contributed by atoms with van der Waals surface area (Å²) in [4.78, 5) is 0. The second-order valence-electron chi connectivity index (χ2n) is 4.62. The summed E-state index contributed by atoms with van der Waals surface area (Å²) < 4.78 is 7.05. The molecule has 1 saturated carbocycles. The Bertz CT molecular complexity index is 365. The van der Waals surface area contributed by atoms with E-state index in [4.69, 9.17) is 16.3 Å². The lowest BCUT2D eigenvalue weighted by molar-refractivity contribution is -0.0294. The number of benzene rings is 1. The maximum atomic E-state index is 6.26. The van der Waals surface area contributed by atoms with Crippen LogP contribution in [0.25, 0.3) is 0 Å². The van der Waals surface area contributed by atoms with Gasteiger partial charge in [-0.1, -0.05) is 29.8 Å². The molecule has 3 heteroatoms. The van der Waals surface area contributed by atoms with Crippen molar-refractivity contribution in [3.63, 3.8) is 0 Å². The lowest BCUT2D eigenvalue weighted by Gasteiger charge is -2.50. The second kappa shape index (κ2) is 4.58. The molecule has 16 heavy (non-hydrogen) atoms. The number of rotatable bonds is 3. The van der Waals surface area contributed by atoms with Crippen molar-refractivity contribution in [3.8, 4) is 5.75 Å². The van der Waals surface area contributed by atoms with E-state index in [9.17, 15) is 0 Å². The summed E-state index contributed by atoms with van der Waals surface area (Å²) >= 11 is 9.67. The summed E-state index contributed by atoms with van der Waals surface area (Å²) in [7, 11) is 0. The van der Waals surface area contributed by atoms with E-state index in [1.165, 1.54) is 0 Å². The minimum atomic E-state index is 0.120. The van der Waals surface area contributed by atoms with E-state index in [-0.39, 0.29) is 16.9 Å². The quantitative estimate of drug-likeness (QED) is 0.740. The van der Waals surface area contributed by atoms with Gasteiger partial charge in [-0.25, -0.2) is 0 Å². The maximum Gasteiger partial charge on any atom is 0.119 e. The predicted octanol–water partition coefficient (Wildman–Crippen LogP) is 4.62. The Morgan fingerprint density at radius 2 is 2.06 bits per heavy atom. The Hall–Kier alpha value is -0.210. The highest BCUT2D eigenvalue weighted by molar-refractivity contribution is 9.10. The van der Waals surface area contributed by atoms with E-state index in [1.807, 2.05) is 24.3 Å². The molecule has 0 bridgehead atoms. The molecule has 3 atom stereocenters. The van der Waals surface area contributed by atoms with Crippen molar-refractivity contribution in [2.24, 2.45) is 5.41 Å². The zero-order valence-corrected chi connectivity index (χ0v) is 11.9. The van der Waals surface area contributed by atoms with Crippen LogP contribution in [0.15, 0.2) is 28.7 Å². The second-order valence-corrected chi connectivity index (χ2v) is 6.07. The number of alkyl halides is 1. The fourth-order valence-corrected chi connectivity index (χ4v) is 2.80. The SMILES string of the molecule is CCC1(C)C(Cl)CC1Oc1ccc(Br)cc1. The average Bonchev–Trinajstić information content (AvgIpc) is 2.30. The van der Waals surface area contributed by atoms with Gasteiger partial charge in [0.2, 0.25) is 0 Å². The molecule has 1 aromatic rings. The third-order valence-corrected chi connectivity index (χ3v) is 4.93. The number of hydrogen-bond donors (Lipinski definition) is 0. The minimum Gasteiger partial charge on any atom is -0.490 e. The first-order valence-electron chi connectivity index (χ1n) is 5.62. The Morgan fingerprint density at radius 3 is 2.56 bits per heavy atom. The van der Waals surface area contributed by atoms with E-state index >= 15 is 0 Å². The topological polar surface area (TPSA) is 9.23 Å². The molecule has 88 valence electrons. The zero-order valence-electron chi connectivity index (χ0n) is 9.54. The van der Waals surface area contributed by atoms with Crippen LogP contribution < -0.4 is 4.74 Å². The highest BCUT2D eigenvalue weighted by atomic mass is 79.9. The molecule has 0 heterocycles. The Kier molecular flexibility index (Phi) is 3.50. The van der Waals surface area contributed by atoms with Gasteiger partial charge in [-0.15, -0.1) is 11.6 Å². The largest absolute Gasteiger partial charge is 0.490 e. The van der Waals surface area contributed by atoms with Gasteiger partial charge in [0.1, 0.15) is 11.9 Å². The van der Waals surface area contributed by atoms with Crippen molar-refractivity contribution in [1.29, 1.82) is 0 Å². The van der Waals surface area contributed by atoms with Gasteiger partial charge >= 0.3 is 0 Å². The van der Waals surface area contributed by atoms with Crippen LogP contribution in [-0.4, -0.2) is 11.5 Å². The van der Waals surface area contributed by atoms with E-state index < -0.39 is 0 Å². The fraction of sp³-hybridized carbons (Fsp3) is 0.538. The Labute approximate surface area is 110 Å². The molecular weight excluding hydrogens is 287 g/mol. The van der Waals surface area contributed by atoms with Crippen LogP contribution in [-0.2, 0) is 0 Å². The van der Waals surface area contributed by atoms with E-state index in [2.05, 4.69) is 29.8 Å². The minimum absolute atomic E-state index is 0.120. The van der Waals surface area contributed by atoms with E-state index in [0.29, 0.717) is 0 Å². The van der Waals surface area contributed by atoms with Crippen molar-refractivity contribution >= 4 is 27.5 Å². The molecule has 1 fully saturated rings. The highest BCUT2D eigenvalue weighted by Gasteiger charge is 2.51. The molecule has 2 rings (SSSR count). The molecule has 1 nitrogen and oxygen atoms in total. The predicted molar refractivity (Wildman–Crippen MR) is 71.2 cm³/mol. The monoisotopic (exact) mass is 302 g/mol. The molecule has 0 aromatic heterocycles. The summed E-state index contributed by atoms with van der Waals surface area (Å²) in [6.45, 7) is 4.38. The van der Waals surface area contributed by atoms with Gasteiger partial charge < -0.3 is 4.74 Å². The van der Waals surface area contributed by atoms with Gasteiger partial charge in [0.05, 0.1) is 0 Å². The van der Waals surface area contributed by atoms with Gasteiger partial charge in [-0.05, 0) is 30.7 Å². The normalized spacial score (nSPS) is 33.2. The van der Waals surface area contributed by atoms with E-state index in [1.54, 1.807) is 0 Å². The summed E-state index contributed by atoms with van der Waals surface area (Å²) in [6.07, 6.45) is 2.26. The molecule has 0 aliphatic heterocycles. The standard InChI is InChI=1S/C13H16BrClO/c1-3-13(2)11(15)8-12(13)16-10-6-4-9(14)5-7-10/h4-7,11-12H,3,8H2,1-2H3. The molecular formula is C13H16BrClO. The van der Waals surface area contributed by atoms with Gasteiger partial charge in [0.15, 0.2) is 0 Å². The van der Waals surface area contributed by atoms with Gasteiger partial charge in [0.25, 0.3) is 0 Å². The molecule has 1 aliphatic rings. The summed E-state index contributed by atoms with van der Waals surface area (Å²) in [5, 5.41) is 0.248. The van der Waals surface area contributed by atoms with Crippen molar-refractivity contribution in [2.45, 2.75) is 38.2 Å². The van der Waals surface area contributed by atoms with Crippen LogP contribution >= 0.6 is 27.5 Å². The van der Waals surface area contributed by atoms with E-state index in [0.717, 1.165) is 23.1 Å². The zero-order chi connectivity index (χ0) is 11.8. The summed E-state index contributed by atoms with van der Waals surface area (Å²) in [6, 6.07) is 7.97. The highest BCUT2D eigenvalue weighted by Crippen LogP contribution is 2.49. The first-order valence-corrected chi connectivity index (χ1v) is 6.85. The first kappa shape index (κ1) is 12.3. The van der Waals surface area contributed by atoms with Crippen LogP contribution in [0.3, 0.4) is 0 Å². The van der Waals surface area contributed by atoms with Crippen molar-refractivity contribution in [1.82, 2.24) is 0 Å². The summed E-state index contributed by atoms with van der Waals surface area (Å²) in [5.74, 6) is 0.927. The molecule has 0 spiro atoms. The molecule has 0 saturated heterocycles. The third kappa shape index (κ3) is 2.10. The van der Waals surface area contributed by atoms with Gasteiger partial charge in [-0.3, -0.25) is 0 Å². The first-order chi connectivity index (χ1) is 7.56. The molecule has 0 N–H and O–H groups in total. The van der Waals surface area contributed by atoms with Crippen LogP contribution in [0.2, 0.25) is 0 Å². The lowest BCUT2D eigenvalue weighted by atomic mass is 9.65. The lowest BCUT2D eigenvalue weighted by Crippen LogP contribution is -2.55. The van der Waals surface area contributed by atoms with Crippen LogP contribution in [0.4, 0.5) is 0 Å². The molecule has 1 aromatic carbocycles.